The summed E-state index contributed by atoms with van der Waals surface area (Å²) in [5, 5.41) is 11.7. The third-order valence-electron chi connectivity index (χ3n) is 3.48. The number of rotatable bonds is 6. The fourth-order valence-corrected chi connectivity index (χ4v) is 2.45. The Hall–Kier alpha value is -3.58. The Morgan fingerprint density at radius 3 is 2.07 bits per heavy atom. The highest BCUT2D eigenvalue weighted by molar-refractivity contribution is 6.30. The molecule has 27 heavy (non-hydrogen) atoms. The van der Waals surface area contributed by atoms with E-state index in [4.69, 9.17) is 26.8 Å². The predicted molar refractivity (Wildman–Crippen MR) is 99.7 cm³/mol. The quantitative estimate of drug-likeness (QED) is 0.479. The maximum Gasteiger partial charge on any atom is 0.276 e. The second-order valence-corrected chi connectivity index (χ2v) is 5.91. The van der Waals surface area contributed by atoms with Crippen LogP contribution in [0.25, 0.3) is 0 Å². The lowest BCUT2D eigenvalue weighted by Crippen LogP contribution is -2.10. The van der Waals surface area contributed by atoms with Crippen molar-refractivity contribution in [3.63, 3.8) is 0 Å². The maximum absolute atomic E-state index is 11.2. The molecule has 0 aliphatic carbocycles. The Bertz CT molecular complexity index is 1010. The predicted octanol–water partition coefficient (Wildman–Crippen LogP) is 4.93. The summed E-state index contributed by atoms with van der Waals surface area (Å²) in [7, 11) is 0. The van der Waals surface area contributed by atoms with Crippen LogP contribution in [0.1, 0.15) is 10.4 Å². The number of benzene rings is 3. The third-order valence-corrected chi connectivity index (χ3v) is 3.72. The number of ether oxygens (including phenoxy) is 2. The van der Waals surface area contributed by atoms with Gasteiger partial charge >= 0.3 is 0 Å². The van der Waals surface area contributed by atoms with Crippen LogP contribution < -0.4 is 15.2 Å². The van der Waals surface area contributed by atoms with E-state index in [0.29, 0.717) is 22.1 Å². The molecule has 0 fully saturated rings. The summed E-state index contributed by atoms with van der Waals surface area (Å²) in [5.41, 5.74) is 5.32. The molecule has 2 N–H and O–H groups in total. The van der Waals surface area contributed by atoms with Crippen LogP contribution in [0, 0.1) is 10.1 Å². The molecule has 0 aliphatic heterocycles. The number of halogens is 1. The molecule has 0 radical (unpaired) electrons. The van der Waals surface area contributed by atoms with Crippen molar-refractivity contribution in [2.45, 2.75) is 0 Å². The Kier molecular flexibility index (Phi) is 5.23. The lowest BCUT2D eigenvalue weighted by molar-refractivity contribution is -0.385. The van der Waals surface area contributed by atoms with Crippen LogP contribution in [0.5, 0.6) is 23.0 Å². The van der Waals surface area contributed by atoms with Crippen molar-refractivity contribution in [2.75, 3.05) is 0 Å². The highest BCUT2D eigenvalue weighted by atomic mass is 35.5. The van der Waals surface area contributed by atoms with Crippen molar-refractivity contribution in [1.29, 1.82) is 0 Å². The monoisotopic (exact) mass is 384 g/mol. The number of carbonyl (C=O) groups excluding carboxylic acids is 1. The van der Waals surface area contributed by atoms with Gasteiger partial charge in [-0.05, 0) is 42.5 Å². The molecule has 0 unspecified atom stereocenters. The summed E-state index contributed by atoms with van der Waals surface area (Å²) in [6.07, 6.45) is 0. The van der Waals surface area contributed by atoms with Gasteiger partial charge in [-0.1, -0.05) is 17.7 Å². The van der Waals surface area contributed by atoms with Crippen molar-refractivity contribution >= 4 is 23.2 Å². The molecule has 3 rings (SSSR count). The van der Waals surface area contributed by atoms with Crippen LogP contribution >= 0.6 is 11.6 Å². The van der Waals surface area contributed by atoms with E-state index in [1.165, 1.54) is 42.5 Å². The first-order valence-corrected chi connectivity index (χ1v) is 8.09. The topological polar surface area (TPSA) is 105 Å². The first-order chi connectivity index (χ1) is 12.9. The lowest BCUT2D eigenvalue weighted by atomic mass is 10.2. The zero-order valence-corrected chi connectivity index (χ0v) is 14.6. The number of nitrogens with zero attached hydrogens (tertiary/aromatic N) is 1. The van der Waals surface area contributed by atoms with Gasteiger partial charge < -0.3 is 15.2 Å². The van der Waals surface area contributed by atoms with Gasteiger partial charge in [-0.2, -0.15) is 0 Å². The van der Waals surface area contributed by atoms with Crippen LogP contribution in [0.4, 0.5) is 5.69 Å². The maximum atomic E-state index is 11.2. The van der Waals surface area contributed by atoms with Crippen LogP contribution in [0.2, 0.25) is 5.02 Å². The SMILES string of the molecule is NC(=O)c1ccc(Oc2cc(Oc3cccc(Cl)c3)cc([N+](=O)[O-])c2)cc1. The Morgan fingerprint density at radius 1 is 0.889 bits per heavy atom. The lowest BCUT2D eigenvalue weighted by Gasteiger charge is -2.10. The fraction of sp³-hybridized carbons (Fsp3) is 0. The van der Waals surface area contributed by atoms with E-state index in [1.807, 2.05) is 0 Å². The molecule has 0 spiro atoms. The summed E-state index contributed by atoms with van der Waals surface area (Å²) in [6.45, 7) is 0. The van der Waals surface area contributed by atoms with E-state index in [1.54, 1.807) is 24.3 Å². The number of nitrogens with two attached hydrogens (primary N) is 1. The molecule has 3 aromatic carbocycles. The fourth-order valence-electron chi connectivity index (χ4n) is 2.27. The van der Waals surface area contributed by atoms with Gasteiger partial charge in [0.15, 0.2) is 0 Å². The first-order valence-electron chi connectivity index (χ1n) is 7.71. The summed E-state index contributed by atoms with van der Waals surface area (Å²) in [4.78, 5) is 21.8. The largest absolute Gasteiger partial charge is 0.457 e. The van der Waals surface area contributed by atoms with E-state index >= 15 is 0 Å². The van der Waals surface area contributed by atoms with Crippen molar-refractivity contribution in [3.05, 3.63) is 87.4 Å². The Morgan fingerprint density at radius 2 is 1.52 bits per heavy atom. The summed E-state index contributed by atoms with van der Waals surface area (Å²) in [6, 6.07) is 16.8. The highest BCUT2D eigenvalue weighted by Gasteiger charge is 2.13. The van der Waals surface area contributed by atoms with E-state index in [-0.39, 0.29) is 17.2 Å². The number of non-ortho nitro benzene ring substituents is 1. The average Bonchev–Trinajstić information content (AvgIpc) is 2.62. The molecule has 8 heteroatoms. The van der Waals surface area contributed by atoms with Gasteiger partial charge in [0.05, 0.1) is 17.1 Å². The van der Waals surface area contributed by atoms with Gasteiger partial charge in [-0.3, -0.25) is 14.9 Å². The Balaban J connectivity index is 1.89. The number of carbonyl (C=O) groups is 1. The molecule has 0 bridgehead atoms. The number of nitro benzene ring substituents is 1. The minimum Gasteiger partial charge on any atom is -0.457 e. The van der Waals surface area contributed by atoms with Crippen LogP contribution in [0.3, 0.4) is 0 Å². The second kappa shape index (κ2) is 7.76. The molecule has 0 atom stereocenters. The van der Waals surface area contributed by atoms with Crippen LogP contribution in [-0.4, -0.2) is 10.8 Å². The van der Waals surface area contributed by atoms with Crippen LogP contribution in [-0.2, 0) is 0 Å². The van der Waals surface area contributed by atoms with E-state index in [9.17, 15) is 14.9 Å². The molecular weight excluding hydrogens is 372 g/mol. The normalized spacial score (nSPS) is 10.3. The minimum atomic E-state index is -0.561. The summed E-state index contributed by atoms with van der Waals surface area (Å²) in [5.74, 6) is 0.673. The van der Waals surface area contributed by atoms with Crippen LogP contribution in [0.15, 0.2) is 66.7 Å². The van der Waals surface area contributed by atoms with E-state index in [0.717, 1.165) is 0 Å². The second-order valence-electron chi connectivity index (χ2n) is 5.47. The average molecular weight is 385 g/mol. The van der Waals surface area contributed by atoms with Gasteiger partial charge in [-0.25, -0.2) is 0 Å². The van der Waals surface area contributed by atoms with E-state index < -0.39 is 10.8 Å². The smallest absolute Gasteiger partial charge is 0.276 e. The number of hydrogen-bond donors (Lipinski definition) is 1. The van der Waals surface area contributed by atoms with Crippen molar-refractivity contribution in [2.24, 2.45) is 5.73 Å². The molecule has 7 nitrogen and oxygen atoms in total. The highest BCUT2D eigenvalue weighted by Crippen LogP contribution is 2.33. The number of primary amides is 1. The van der Waals surface area contributed by atoms with Gasteiger partial charge in [0.1, 0.15) is 23.0 Å². The summed E-state index contributed by atoms with van der Waals surface area (Å²) < 4.78 is 11.3. The zero-order chi connectivity index (χ0) is 19.4. The molecule has 1 amide bonds. The molecular formula is C19H13ClN2O5. The molecule has 0 aliphatic rings. The van der Waals surface area contributed by atoms with Gasteiger partial charge in [-0.15, -0.1) is 0 Å². The third kappa shape index (κ3) is 4.74. The molecule has 0 aromatic heterocycles. The number of hydrogen-bond acceptors (Lipinski definition) is 5. The molecule has 3 aromatic rings. The van der Waals surface area contributed by atoms with Gasteiger partial charge in [0.2, 0.25) is 5.91 Å². The van der Waals surface area contributed by atoms with Gasteiger partial charge in [0, 0.05) is 16.7 Å². The standard InChI is InChI=1S/C19H13ClN2O5/c20-13-2-1-3-16(8-13)27-18-10-14(22(24)25)9-17(11-18)26-15-6-4-12(5-7-15)19(21)23/h1-11H,(H2,21,23). The van der Waals surface area contributed by atoms with Crippen molar-refractivity contribution in [3.8, 4) is 23.0 Å². The van der Waals surface area contributed by atoms with Gasteiger partial charge in [0.25, 0.3) is 5.69 Å². The van der Waals surface area contributed by atoms with Crippen molar-refractivity contribution < 1.29 is 19.2 Å². The Labute approximate surface area is 159 Å². The summed E-state index contributed by atoms with van der Waals surface area (Å²) >= 11 is 5.92. The minimum absolute atomic E-state index is 0.196. The molecule has 0 saturated carbocycles. The zero-order valence-electron chi connectivity index (χ0n) is 13.8. The first kappa shape index (κ1) is 18.2. The molecule has 136 valence electrons. The van der Waals surface area contributed by atoms with E-state index in [2.05, 4.69) is 0 Å². The molecule has 0 saturated heterocycles. The van der Waals surface area contributed by atoms with Crippen molar-refractivity contribution in [1.82, 2.24) is 0 Å². The number of amides is 1. The number of nitro groups is 1. The molecule has 0 heterocycles.